The first-order valence-electron chi connectivity index (χ1n) is 20.1. The fourth-order valence-corrected chi connectivity index (χ4v) is 6.29. The van der Waals surface area contributed by atoms with Gasteiger partial charge in [-0.3, -0.25) is 14.6 Å². The normalized spacial score (nSPS) is 14.1. The summed E-state index contributed by atoms with van der Waals surface area (Å²) in [4.78, 5) is 52.5. The summed E-state index contributed by atoms with van der Waals surface area (Å²) in [5.41, 5.74) is 18.0. The predicted octanol–water partition coefficient (Wildman–Crippen LogP) is -2.24. The highest BCUT2D eigenvalue weighted by Crippen LogP contribution is 2.20. The number of unbranched alkanes of at least 4 members (excludes halogenated alkanes) is 1. The molecule has 0 aliphatic carbocycles. The zero-order chi connectivity index (χ0) is 41.7. The van der Waals surface area contributed by atoms with Gasteiger partial charge in [0.1, 0.15) is 19.7 Å². The van der Waals surface area contributed by atoms with Gasteiger partial charge in [-0.25, -0.2) is 9.36 Å². The van der Waals surface area contributed by atoms with Crippen LogP contribution in [0.15, 0.2) is 17.4 Å². The fraction of sp³-hybridized carbons (Fsp3) is 0.667. The summed E-state index contributed by atoms with van der Waals surface area (Å²) >= 11 is 0. The van der Waals surface area contributed by atoms with E-state index in [-0.39, 0.29) is 49.9 Å². The molecule has 2 aliphatic heterocycles. The Balaban J connectivity index is 0.00000794. The number of nitrogens with two attached hydrogens (primary N) is 3. The highest BCUT2D eigenvalue weighted by atomic mass is 35.5. The van der Waals surface area contributed by atoms with Crippen molar-refractivity contribution in [2.75, 3.05) is 127 Å². The van der Waals surface area contributed by atoms with Crippen molar-refractivity contribution in [1.82, 2.24) is 54.7 Å². The fourth-order valence-electron chi connectivity index (χ4n) is 6.29. The van der Waals surface area contributed by atoms with Gasteiger partial charge in [-0.1, -0.05) is 16.3 Å². The maximum Gasteiger partial charge on any atom is 0.244 e. The number of rotatable bonds is 25. The molecule has 0 atom stereocenters. The van der Waals surface area contributed by atoms with Crippen LogP contribution < -0.4 is 32.3 Å². The number of halogens is 1. The molecule has 24 heteroatoms. The number of aliphatic imine (C=N–C) groups is 1. The first-order valence-corrected chi connectivity index (χ1v) is 20.1. The number of aromatic nitrogens is 9. The van der Waals surface area contributed by atoms with Gasteiger partial charge >= 0.3 is 0 Å². The lowest BCUT2D eigenvalue weighted by Crippen LogP contribution is -2.51. The molecule has 5 heterocycles. The Kier molecular flexibility index (Phi) is 20.4. The number of amides is 2. The lowest BCUT2D eigenvalue weighted by Gasteiger charge is -2.36. The van der Waals surface area contributed by atoms with E-state index in [4.69, 9.17) is 52.8 Å². The summed E-state index contributed by atoms with van der Waals surface area (Å²) in [5.74, 6) is 3.80. The van der Waals surface area contributed by atoms with Crippen molar-refractivity contribution in [3.8, 4) is 12.3 Å². The smallest absolute Gasteiger partial charge is 0.244 e. The Bertz CT molecular complexity index is 1800. The van der Waals surface area contributed by atoms with Crippen LogP contribution in [-0.4, -0.2) is 184 Å². The number of nitrogens with zero attached hydrogens (tertiary/aromatic N) is 14. The third-order valence-electron chi connectivity index (χ3n) is 9.44. The van der Waals surface area contributed by atoms with Crippen LogP contribution in [0.5, 0.6) is 0 Å². The molecule has 3 aromatic heterocycles. The Morgan fingerprint density at radius 3 is 1.77 bits per heavy atom. The van der Waals surface area contributed by atoms with Crippen molar-refractivity contribution in [1.29, 1.82) is 0 Å². The van der Waals surface area contributed by atoms with Crippen molar-refractivity contribution in [3.05, 3.63) is 23.8 Å². The number of ether oxygens (including phenoxy) is 3. The lowest BCUT2D eigenvalue weighted by molar-refractivity contribution is -0.133. The minimum Gasteiger partial charge on any atom is -0.377 e. The molecule has 0 bridgehead atoms. The predicted molar refractivity (Wildman–Crippen MR) is 225 cm³/mol. The largest absolute Gasteiger partial charge is 0.377 e. The molecular weight excluding hydrogens is 800 g/mol. The molecule has 5 rings (SSSR count). The molecule has 2 amide bonds. The molecular formula is C36H59ClN18O5. The van der Waals surface area contributed by atoms with E-state index in [0.29, 0.717) is 129 Å². The Morgan fingerprint density at radius 2 is 1.25 bits per heavy atom. The maximum absolute atomic E-state index is 13.2. The van der Waals surface area contributed by atoms with Gasteiger partial charge in [0.05, 0.1) is 44.4 Å². The van der Waals surface area contributed by atoms with Crippen LogP contribution >= 0.6 is 12.4 Å². The number of anilines is 3. The van der Waals surface area contributed by atoms with Gasteiger partial charge in [0.25, 0.3) is 0 Å². The quantitative estimate of drug-likeness (QED) is 0.0303. The number of hydrogen-bond acceptors (Lipinski definition) is 17. The highest BCUT2D eigenvalue weighted by Gasteiger charge is 2.27. The van der Waals surface area contributed by atoms with Crippen molar-refractivity contribution >= 4 is 48.0 Å². The zero-order valence-electron chi connectivity index (χ0n) is 34.1. The van der Waals surface area contributed by atoms with E-state index in [0.717, 1.165) is 37.1 Å². The molecule has 0 unspecified atom stereocenters. The van der Waals surface area contributed by atoms with Gasteiger partial charge in [0.2, 0.25) is 29.7 Å². The second-order valence-electron chi connectivity index (χ2n) is 13.9. The van der Waals surface area contributed by atoms with Crippen molar-refractivity contribution in [2.24, 2.45) is 22.2 Å². The molecule has 23 nitrogen and oxygen atoms in total. The van der Waals surface area contributed by atoms with E-state index < -0.39 is 0 Å². The van der Waals surface area contributed by atoms with Crippen LogP contribution in [0.1, 0.15) is 30.7 Å². The number of hydrogen-bond donors (Lipinski definition) is 4. The molecule has 2 aliphatic rings. The summed E-state index contributed by atoms with van der Waals surface area (Å²) < 4.78 is 19.6. The maximum atomic E-state index is 13.2. The Labute approximate surface area is 356 Å². The summed E-state index contributed by atoms with van der Waals surface area (Å²) in [6.07, 6.45) is 12.8. The first kappa shape index (κ1) is 47.3. The van der Waals surface area contributed by atoms with Crippen LogP contribution in [0, 0.1) is 12.3 Å². The molecule has 0 saturated carbocycles. The minimum absolute atomic E-state index is 0. The SMILES string of the molecule is C#CCOCCOCCOCCNc1nc(N2CCN(C(=O)Cn3cc(CCCCN)nn3)CC2)nc(N2CCN(C(=O)Cn3cc(CCCN=C(N)N)nn3)CC2)n1.Cl. The van der Waals surface area contributed by atoms with Gasteiger partial charge < -0.3 is 56.3 Å². The standard InChI is InChI=1S/C36H58N18O5.ClH/c1-2-19-57-21-23-59-24-22-58-20-10-41-34-42-35(51-15-11-49(12-16-51)31(55)27-53-25-29(45-47-53)6-3-4-8-37)44-36(43-34)52-17-13-50(14-18-52)32(56)28-54-26-30(46-48-54)7-5-9-40-33(38)39;/h1,25-26H,3-24,27-28,37H2,(H4,38,39,40)(H,41,42,43,44);1H. The molecule has 2 fully saturated rings. The molecule has 0 radical (unpaired) electrons. The van der Waals surface area contributed by atoms with E-state index >= 15 is 0 Å². The molecule has 3 aromatic rings. The van der Waals surface area contributed by atoms with Gasteiger partial charge in [-0.15, -0.1) is 29.0 Å². The third kappa shape index (κ3) is 16.0. The van der Waals surface area contributed by atoms with Gasteiger partial charge in [0, 0.05) is 77.8 Å². The first-order chi connectivity index (χ1) is 28.8. The van der Waals surface area contributed by atoms with E-state index in [9.17, 15) is 9.59 Å². The summed E-state index contributed by atoms with van der Waals surface area (Å²) in [6, 6.07) is 0. The van der Waals surface area contributed by atoms with E-state index in [1.54, 1.807) is 15.6 Å². The van der Waals surface area contributed by atoms with Gasteiger partial charge in [-0.05, 0) is 38.6 Å². The average Bonchev–Trinajstić information content (AvgIpc) is 3.90. The molecule has 330 valence electrons. The molecule has 60 heavy (non-hydrogen) atoms. The summed E-state index contributed by atoms with van der Waals surface area (Å²) in [5, 5.41) is 19.9. The highest BCUT2D eigenvalue weighted by molar-refractivity contribution is 5.85. The number of nitrogens with one attached hydrogen (secondary N) is 1. The Hall–Kier alpha value is -5.41. The zero-order valence-corrected chi connectivity index (χ0v) is 35.0. The summed E-state index contributed by atoms with van der Waals surface area (Å²) in [7, 11) is 0. The van der Waals surface area contributed by atoms with Crippen LogP contribution in [0.2, 0.25) is 0 Å². The van der Waals surface area contributed by atoms with E-state index in [2.05, 4.69) is 41.8 Å². The van der Waals surface area contributed by atoms with Crippen LogP contribution in [0.4, 0.5) is 17.8 Å². The number of terminal acetylenes is 1. The van der Waals surface area contributed by atoms with Crippen LogP contribution in [-0.2, 0) is 49.7 Å². The van der Waals surface area contributed by atoms with Crippen molar-refractivity contribution < 1.29 is 23.8 Å². The van der Waals surface area contributed by atoms with E-state index in [1.165, 1.54) is 0 Å². The average molecular weight is 859 g/mol. The van der Waals surface area contributed by atoms with Gasteiger partial charge in [0.15, 0.2) is 5.96 Å². The second-order valence-corrected chi connectivity index (χ2v) is 13.9. The van der Waals surface area contributed by atoms with E-state index in [1.807, 2.05) is 20.9 Å². The topological polar surface area (TPSA) is 277 Å². The molecule has 2 saturated heterocycles. The summed E-state index contributed by atoms with van der Waals surface area (Å²) in [6.45, 7) is 8.27. The number of carbonyl (C=O) groups excluding carboxylic acids is 2. The monoisotopic (exact) mass is 858 g/mol. The van der Waals surface area contributed by atoms with Crippen molar-refractivity contribution in [2.45, 2.75) is 45.2 Å². The van der Waals surface area contributed by atoms with Crippen LogP contribution in [0.25, 0.3) is 0 Å². The number of piperazine rings is 2. The lowest BCUT2D eigenvalue weighted by atomic mass is 10.2. The van der Waals surface area contributed by atoms with Crippen LogP contribution in [0.3, 0.4) is 0 Å². The molecule has 7 N–H and O–H groups in total. The molecule has 0 aromatic carbocycles. The number of guanidine groups is 1. The van der Waals surface area contributed by atoms with Gasteiger partial charge in [-0.2, -0.15) is 15.0 Å². The minimum atomic E-state index is -0.0536. The third-order valence-corrected chi connectivity index (χ3v) is 9.44. The number of carbonyl (C=O) groups is 2. The van der Waals surface area contributed by atoms with Crippen molar-refractivity contribution in [3.63, 3.8) is 0 Å². The molecule has 0 spiro atoms. The Morgan fingerprint density at radius 1 is 0.733 bits per heavy atom. The number of aryl methyl sites for hydroxylation is 2. The second kappa shape index (κ2) is 25.9.